The van der Waals surface area contributed by atoms with Gasteiger partial charge < -0.3 is 0 Å². The lowest BCUT2D eigenvalue weighted by Gasteiger charge is -2.04. The normalized spacial score (nSPS) is 30.7. The summed E-state index contributed by atoms with van der Waals surface area (Å²) >= 11 is 1.94. The van der Waals surface area contributed by atoms with E-state index in [0.29, 0.717) is 11.7 Å². The molecule has 1 unspecified atom stereocenters. The third-order valence-corrected chi connectivity index (χ3v) is 3.73. The molecule has 0 bridgehead atoms. The van der Waals surface area contributed by atoms with Crippen molar-refractivity contribution in [1.82, 2.24) is 0 Å². The Kier molecular flexibility index (Phi) is 2.21. The van der Waals surface area contributed by atoms with Gasteiger partial charge in [0.15, 0.2) is 0 Å². The molecule has 0 radical (unpaired) electrons. The van der Waals surface area contributed by atoms with Crippen molar-refractivity contribution < 1.29 is 4.79 Å². The molecule has 0 amide bonds. The summed E-state index contributed by atoms with van der Waals surface area (Å²) in [5.41, 5.74) is 0. The number of rotatable bonds is 3. The van der Waals surface area contributed by atoms with Crippen molar-refractivity contribution in [2.24, 2.45) is 11.8 Å². The minimum Gasteiger partial charge on any atom is -0.299 e. The highest BCUT2D eigenvalue weighted by molar-refractivity contribution is 7.99. The van der Waals surface area contributed by atoms with Crippen molar-refractivity contribution >= 4 is 17.5 Å². The van der Waals surface area contributed by atoms with Crippen LogP contribution in [0.1, 0.15) is 25.7 Å². The molecule has 0 aromatic carbocycles. The first-order valence-electron chi connectivity index (χ1n) is 4.46. The molecular formula is C9H14OS. The molecule has 1 heterocycles. The molecule has 1 aliphatic heterocycles. The van der Waals surface area contributed by atoms with Gasteiger partial charge in [0.2, 0.25) is 0 Å². The van der Waals surface area contributed by atoms with E-state index in [-0.39, 0.29) is 0 Å². The highest BCUT2D eigenvalue weighted by Gasteiger charge is 2.29. The molecule has 1 nitrogen and oxygen atoms in total. The molecule has 0 aromatic rings. The van der Waals surface area contributed by atoms with Crippen molar-refractivity contribution in [3.8, 4) is 0 Å². The van der Waals surface area contributed by atoms with Crippen LogP contribution in [0.4, 0.5) is 0 Å². The van der Waals surface area contributed by atoms with Crippen LogP contribution in [0, 0.1) is 11.8 Å². The first-order chi connectivity index (χ1) is 5.36. The van der Waals surface area contributed by atoms with Gasteiger partial charge in [0, 0.05) is 18.1 Å². The van der Waals surface area contributed by atoms with E-state index >= 15 is 0 Å². The van der Waals surface area contributed by atoms with E-state index < -0.39 is 0 Å². The molecule has 1 aliphatic carbocycles. The maximum absolute atomic E-state index is 11.5. The molecule has 0 N–H and O–H groups in total. The van der Waals surface area contributed by atoms with Gasteiger partial charge in [-0.1, -0.05) is 0 Å². The zero-order valence-corrected chi connectivity index (χ0v) is 7.53. The molecule has 62 valence electrons. The topological polar surface area (TPSA) is 17.1 Å². The monoisotopic (exact) mass is 170 g/mol. The molecule has 1 atom stereocenters. The molecule has 2 fully saturated rings. The fourth-order valence-electron chi connectivity index (χ4n) is 1.56. The zero-order chi connectivity index (χ0) is 7.68. The second-order valence-corrected chi connectivity index (χ2v) is 4.82. The number of ketones is 1. The quantitative estimate of drug-likeness (QED) is 0.645. The summed E-state index contributed by atoms with van der Waals surface area (Å²) in [5.74, 6) is 4.08. The van der Waals surface area contributed by atoms with Gasteiger partial charge in [0.05, 0.1) is 0 Å². The van der Waals surface area contributed by atoms with Crippen LogP contribution in [0.3, 0.4) is 0 Å². The Balaban J connectivity index is 1.77. The van der Waals surface area contributed by atoms with Gasteiger partial charge in [-0.2, -0.15) is 11.8 Å². The van der Waals surface area contributed by atoms with Crippen LogP contribution >= 0.6 is 11.8 Å². The van der Waals surface area contributed by atoms with Gasteiger partial charge in [-0.3, -0.25) is 4.79 Å². The summed E-state index contributed by atoms with van der Waals surface area (Å²) in [7, 11) is 0. The average molecular weight is 170 g/mol. The Labute approximate surface area is 71.9 Å². The van der Waals surface area contributed by atoms with Crippen molar-refractivity contribution in [3.63, 3.8) is 0 Å². The van der Waals surface area contributed by atoms with Crippen LogP contribution in [0.25, 0.3) is 0 Å². The summed E-state index contributed by atoms with van der Waals surface area (Å²) in [5, 5.41) is 0. The number of carbonyl (C=O) groups excluding carboxylic acids is 1. The van der Waals surface area contributed by atoms with Crippen LogP contribution in [0.5, 0.6) is 0 Å². The predicted octanol–water partition coefficient (Wildman–Crippen LogP) is 2.11. The maximum Gasteiger partial charge on any atom is 0.137 e. The van der Waals surface area contributed by atoms with Gasteiger partial charge in [0.25, 0.3) is 0 Å². The number of carbonyl (C=O) groups is 1. The molecule has 11 heavy (non-hydrogen) atoms. The summed E-state index contributed by atoms with van der Waals surface area (Å²) in [6.45, 7) is 0. The summed E-state index contributed by atoms with van der Waals surface area (Å²) in [6, 6.07) is 0. The van der Waals surface area contributed by atoms with Crippen molar-refractivity contribution in [2.45, 2.75) is 25.7 Å². The Morgan fingerprint density at radius 2 is 2.18 bits per heavy atom. The zero-order valence-electron chi connectivity index (χ0n) is 6.71. The second kappa shape index (κ2) is 3.18. The molecule has 1 saturated carbocycles. The van der Waals surface area contributed by atoms with Crippen LogP contribution in [-0.2, 0) is 4.79 Å². The van der Waals surface area contributed by atoms with E-state index in [4.69, 9.17) is 0 Å². The van der Waals surface area contributed by atoms with E-state index in [2.05, 4.69) is 0 Å². The summed E-state index contributed by atoms with van der Waals surface area (Å²) < 4.78 is 0. The minimum atomic E-state index is 0.431. The largest absolute Gasteiger partial charge is 0.299 e. The predicted molar refractivity (Wildman–Crippen MR) is 47.8 cm³/mol. The van der Waals surface area contributed by atoms with Crippen molar-refractivity contribution in [1.29, 1.82) is 0 Å². The third-order valence-electron chi connectivity index (χ3n) is 2.57. The Bertz CT molecular complexity index is 157. The SMILES string of the molecule is O=C(CC1CC1)C1CCSC1. The number of Topliss-reactive ketones (excluding diaryl/α,β-unsaturated/α-hetero) is 1. The van der Waals surface area contributed by atoms with Gasteiger partial charge >= 0.3 is 0 Å². The second-order valence-electron chi connectivity index (χ2n) is 3.67. The molecule has 2 rings (SSSR count). The highest BCUT2D eigenvalue weighted by Crippen LogP contribution is 2.35. The van der Waals surface area contributed by atoms with Crippen LogP contribution in [0.2, 0.25) is 0 Å². The first kappa shape index (κ1) is 7.66. The average Bonchev–Trinajstić information content (AvgIpc) is 2.67. The van der Waals surface area contributed by atoms with Crippen LogP contribution < -0.4 is 0 Å². The van der Waals surface area contributed by atoms with Crippen LogP contribution in [-0.4, -0.2) is 17.3 Å². The number of thioether (sulfide) groups is 1. The van der Waals surface area contributed by atoms with E-state index in [1.54, 1.807) is 0 Å². The van der Waals surface area contributed by atoms with Crippen LogP contribution in [0.15, 0.2) is 0 Å². The van der Waals surface area contributed by atoms with Gasteiger partial charge in [-0.15, -0.1) is 0 Å². The van der Waals surface area contributed by atoms with Gasteiger partial charge in [-0.05, 0) is 30.9 Å². The van der Waals surface area contributed by atoms with E-state index in [1.807, 2.05) is 11.8 Å². The molecule has 2 heteroatoms. The molecule has 0 aromatic heterocycles. The van der Waals surface area contributed by atoms with E-state index in [0.717, 1.165) is 24.5 Å². The molecule has 1 saturated heterocycles. The fraction of sp³-hybridized carbons (Fsp3) is 0.889. The smallest absolute Gasteiger partial charge is 0.137 e. The van der Waals surface area contributed by atoms with Gasteiger partial charge in [-0.25, -0.2) is 0 Å². The Morgan fingerprint density at radius 3 is 2.73 bits per heavy atom. The van der Waals surface area contributed by atoms with Crippen molar-refractivity contribution in [3.05, 3.63) is 0 Å². The highest BCUT2D eigenvalue weighted by atomic mass is 32.2. The number of hydrogen-bond donors (Lipinski definition) is 0. The van der Waals surface area contributed by atoms with E-state index in [9.17, 15) is 4.79 Å². The molecular weight excluding hydrogens is 156 g/mol. The molecule has 2 aliphatic rings. The minimum absolute atomic E-state index is 0.431. The summed E-state index contributed by atoms with van der Waals surface area (Å²) in [6.07, 6.45) is 4.67. The Morgan fingerprint density at radius 1 is 1.36 bits per heavy atom. The lowest BCUT2D eigenvalue weighted by atomic mass is 9.99. The van der Waals surface area contributed by atoms with E-state index in [1.165, 1.54) is 18.6 Å². The maximum atomic E-state index is 11.5. The van der Waals surface area contributed by atoms with Crippen molar-refractivity contribution in [2.75, 3.05) is 11.5 Å². The lowest BCUT2D eigenvalue weighted by Crippen LogP contribution is -2.13. The lowest BCUT2D eigenvalue weighted by molar-refractivity contribution is -0.122. The van der Waals surface area contributed by atoms with Gasteiger partial charge in [0.1, 0.15) is 5.78 Å². The summed E-state index contributed by atoms with van der Waals surface area (Å²) in [4.78, 5) is 11.5. The number of hydrogen-bond acceptors (Lipinski definition) is 2. The third kappa shape index (κ3) is 1.98. The Hall–Kier alpha value is 0.0200. The first-order valence-corrected chi connectivity index (χ1v) is 5.62. The fourth-order valence-corrected chi connectivity index (χ4v) is 2.82. The standard InChI is InChI=1S/C9H14OS/c10-9(5-7-1-2-7)8-3-4-11-6-8/h7-8H,1-6H2. The molecule has 0 spiro atoms.